The molecule has 1 aliphatic heterocycles. The minimum atomic E-state index is 0.608. The molecular formula is C12H18BrN3. The molecule has 0 spiro atoms. The van der Waals surface area contributed by atoms with E-state index in [0.717, 1.165) is 29.1 Å². The fraction of sp³-hybridized carbons (Fsp3) is 0.583. The number of aryl methyl sites for hydroxylation is 1. The quantitative estimate of drug-likeness (QED) is 0.838. The van der Waals surface area contributed by atoms with Crippen molar-refractivity contribution in [2.75, 3.05) is 18.4 Å². The van der Waals surface area contributed by atoms with Crippen molar-refractivity contribution in [2.45, 2.75) is 32.2 Å². The van der Waals surface area contributed by atoms with Crippen molar-refractivity contribution in [3.63, 3.8) is 0 Å². The van der Waals surface area contributed by atoms with Gasteiger partial charge < -0.3 is 10.6 Å². The Hall–Kier alpha value is -0.610. The normalized spacial score (nSPS) is 20.8. The van der Waals surface area contributed by atoms with Crippen LogP contribution in [0.1, 0.15) is 25.0 Å². The van der Waals surface area contributed by atoms with Gasteiger partial charge in [-0.2, -0.15) is 0 Å². The van der Waals surface area contributed by atoms with E-state index in [1.54, 1.807) is 0 Å². The predicted molar refractivity (Wildman–Crippen MR) is 70.8 cm³/mol. The molecule has 2 N–H and O–H groups in total. The second kappa shape index (κ2) is 5.64. The second-order valence-corrected chi connectivity index (χ2v) is 5.11. The first kappa shape index (κ1) is 11.9. The first-order valence-electron chi connectivity index (χ1n) is 5.86. The average molecular weight is 284 g/mol. The summed E-state index contributed by atoms with van der Waals surface area (Å²) in [6.07, 6.45) is 3.93. The summed E-state index contributed by atoms with van der Waals surface area (Å²) in [5.74, 6) is 0. The van der Waals surface area contributed by atoms with Gasteiger partial charge in [-0.3, -0.25) is 0 Å². The van der Waals surface area contributed by atoms with Gasteiger partial charge in [0.2, 0.25) is 0 Å². The molecule has 0 aromatic carbocycles. The summed E-state index contributed by atoms with van der Waals surface area (Å²) < 4.78 is 0.895. The first-order chi connectivity index (χ1) is 7.75. The van der Waals surface area contributed by atoms with Crippen LogP contribution in [-0.4, -0.2) is 24.1 Å². The molecule has 1 saturated heterocycles. The lowest BCUT2D eigenvalue weighted by atomic mass is 10.1. The van der Waals surface area contributed by atoms with E-state index in [4.69, 9.17) is 0 Å². The van der Waals surface area contributed by atoms with Gasteiger partial charge in [-0.05, 0) is 54.4 Å². The molecule has 1 aliphatic rings. The van der Waals surface area contributed by atoms with Crippen molar-refractivity contribution in [1.82, 2.24) is 10.3 Å². The van der Waals surface area contributed by atoms with Crippen molar-refractivity contribution in [2.24, 2.45) is 0 Å². The van der Waals surface area contributed by atoms with E-state index in [0.29, 0.717) is 6.04 Å². The Balaban J connectivity index is 1.88. The van der Waals surface area contributed by atoms with Gasteiger partial charge in [-0.1, -0.05) is 6.42 Å². The molecule has 0 aliphatic carbocycles. The van der Waals surface area contributed by atoms with Crippen molar-refractivity contribution in [1.29, 1.82) is 0 Å². The van der Waals surface area contributed by atoms with Crippen LogP contribution in [0.4, 0.5) is 5.69 Å². The number of halogens is 1. The Morgan fingerprint density at radius 2 is 2.38 bits per heavy atom. The van der Waals surface area contributed by atoms with Crippen LogP contribution in [0.15, 0.2) is 16.7 Å². The average Bonchev–Trinajstić information content (AvgIpc) is 2.29. The maximum absolute atomic E-state index is 4.37. The van der Waals surface area contributed by atoms with E-state index >= 15 is 0 Å². The van der Waals surface area contributed by atoms with Crippen molar-refractivity contribution in [3.8, 4) is 0 Å². The van der Waals surface area contributed by atoms with Crippen LogP contribution in [0.5, 0.6) is 0 Å². The number of hydrogen-bond acceptors (Lipinski definition) is 3. The summed E-state index contributed by atoms with van der Waals surface area (Å²) >= 11 is 3.37. The van der Waals surface area contributed by atoms with Crippen molar-refractivity contribution < 1.29 is 0 Å². The Morgan fingerprint density at radius 1 is 1.50 bits per heavy atom. The maximum Gasteiger partial charge on any atom is 0.106 e. The highest BCUT2D eigenvalue weighted by Crippen LogP contribution is 2.16. The highest BCUT2D eigenvalue weighted by atomic mass is 79.9. The zero-order chi connectivity index (χ0) is 11.4. The van der Waals surface area contributed by atoms with E-state index in [1.165, 1.54) is 19.3 Å². The molecule has 0 saturated carbocycles. The molecule has 0 bridgehead atoms. The summed E-state index contributed by atoms with van der Waals surface area (Å²) in [4.78, 5) is 4.37. The summed E-state index contributed by atoms with van der Waals surface area (Å²) in [7, 11) is 0. The van der Waals surface area contributed by atoms with Crippen LogP contribution in [0, 0.1) is 6.92 Å². The number of rotatable bonds is 3. The van der Waals surface area contributed by atoms with E-state index in [9.17, 15) is 0 Å². The minimum absolute atomic E-state index is 0.608. The summed E-state index contributed by atoms with van der Waals surface area (Å²) in [5, 5.41) is 6.99. The van der Waals surface area contributed by atoms with Gasteiger partial charge in [-0.25, -0.2) is 4.98 Å². The summed E-state index contributed by atoms with van der Waals surface area (Å²) in [6.45, 7) is 4.18. The number of nitrogens with zero attached hydrogens (tertiary/aromatic N) is 1. The molecule has 1 fully saturated rings. The number of pyridine rings is 1. The lowest BCUT2D eigenvalue weighted by molar-refractivity contribution is 0.414. The van der Waals surface area contributed by atoms with Gasteiger partial charge in [0.15, 0.2) is 0 Å². The van der Waals surface area contributed by atoms with Crippen molar-refractivity contribution in [3.05, 3.63) is 22.4 Å². The number of hydrogen-bond donors (Lipinski definition) is 2. The molecule has 88 valence electrons. The number of aromatic nitrogens is 1. The van der Waals surface area contributed by atoms with Gasteiger partial charge in [0.1, 0.15) is 4.60 Å². The molecule has 1 aromatic heterocycles. The van der Waals surface area contributed by atoms with Crippen LogP contribution < -0.4 is 10.6 Å². The third-order valence-corrected chi connectivity index (χ3v) is 3.44. The zero-order valence-corrected chi connectivity index (χ0v) is 11.2. The third-order valence-electron chi connectivity index (χ3n) is 3.00. The summed E-state index contributed by atoms with van der Waals surface area (Å²) in [6, 6.07) is 4.66. The molecule has 3 nitrogen and oxygen atoms in total. The molecule has 0 amide bonds. The fourth-order valence-electron chi connectivity index (χ4n) is 2.05. The monoisotopic (exact) mass is 283 g/mol. The summed E-state index contributed by atoms with van der Waals surface area (Å²) in [5.41, 5.74) is 2.18. The van der Waals surface area contributed by atoms with Gasteiger partial charge in [0.25, 0.3) is 0 Å². The molecule has 16 heavy (non-hydrogen) atoms. The molecule has 2 heterocycles. The molecule has 1 aromatic rings. The van der Waals surface area contributed by atoms with E-state index in [1.807, 2.05) is 13.0 Å². The highest BCUT2D eigenvalue weighted by Gasteiger charge is 2.12. The highest BCUT2D eigenvalue weighted by molar-refractivity contribution is 9.10. The van der Waals surface area contributed by atoms with E-state index < -0.39 is 0 Å². The Morgan fingerprint density at radius 3 is 3.06 bits per heavy atom. The largest absolute Gasteiger partial charge is 0.382 e. The lowest BCUT2D eigenvalue weighted by Crippen LogP contribution is -2.39. The lowest BCUT2D eigenvalue weighted by Gasteiger charge is -2.24. The Kier molecular flexibility index (Phi) is 4.18. The van der Waals surface area contributed by atoms with E-state index in [-0.39, 0.29) is 0 Å². The molecule has 4 heteroatoms. The van der Waals surface area contributed by atoms with Crippen LogP contribution in [0.25, 0.3) is 0 Å². The standard InChI is InChI=1S/C12H18BrN3/c1-9-11(5-6-12(13)16-9)15-8-10-4-2-3-7-14-10/h5-6,10,14-15H,2-4,7-8H2,1H3. The molecule has 1 unspecified atom stereocenters. The van der Waals surface area contributed by atoms with Crippen LogP contribution in [-0.2, 0) is 0 Å². The van der Waals surface area contributed by atoms with Crippen molar-refractivity contribution >= 4 is 21.6 Å². The molecule has 2 rings (SSSR count). The minimum Gasteiger partial charge on any atom is -0.382 e. The zero-order valence-electron chi connectivity index (χ0n) is 9.59. The predicted octanol–water partition coefficient (Wildman–Crippen LogP) is 2.71. The van der Waals surface area contributed by atoms with Gasteiger partial charge in [0.05, 0.1) is 11.4 Å². The first-order valence-corrected chi connectivity index (χ1v) is 6.65. The van der Waals surface area contributed by atoms with Crippen LogP contribution in [0.2, 0.25) is 0 Å². The third kappa shape index (κ3) is 3.19. The van der Waals surface area contributed by atoms with Crippen LogP contribution in [0.3, 0.4) is 0 Å². The molecular weight excluding hydrogens is 266 g/mol. The van der Waals surface area contributed by atoms with Gasteiger partial charge in [-0.15, -0.1) is 0 Å². The molecule has 1 atom stereocenters. The maximum atomic E-state index is 4.37. The topological polar surface area (TPSA) is 37.0 Å². The Labute approximate surface area is 105 Å². The number of anilines is 1. The van der Waals surface area contributed by atoms with Gasteiger partial charge in [0, 0.05) is 12.6 Å². The van der Waals surface area contributed by atoms with Crippen LogP contribution >= 0.6 is 15.9 Å². The fourth-order valence-corrected chi connectivity index (χ4v) is 2.45. The van der Waals surface area contributed by atoms with Gasteiger partial charge >= 0.3 is 0 Å². The smallest absolute Gasteiger partial charge is 0.106 e. The number of nitrogens with one attached hydrogen (secondary N) is 2. The number of piperidine rings is 1. The Bertz CT molecular complexity index is 348. The SMILES string of the molecule is Cc1nc(Br)ccc1NCC1CCCCN1. The second-order valence-electron chi connectivity index (χ2n) is 4.29. The molecule has 0 radical (unpaired) electrons. The van der Waals surface area contributed by atoms with E-state index in [2.05, 4.69) is 37.6 Å².